The lowest BCUT2D eigenvalue weighted by atomic mass is 10.3. The van der Waals surface area contributed by atoms with Gasteiger partial charge < -0.3 is 11.1 Å². The average Bonchev–Trinajstić information content (AvgIpc) is 2.20. The van der Waals surface area contributed by atoms with E-state index in [2.05, 4.69) is 15.5 Å². The van der Waals surface area contributed by atoms with Crippen molar-refractivity contribution in [2.24, 2.45) is 0 Å². The van der Waals surface area contributed by atoms with Crippen molar-refractivity contribution in [1.82, 2.24) is 10.2 Å². The first-order chi connectivity index (χ1) is 7.09. The maximum Gasteiger partial charge on any atom is 0.148 e. The quantitative estimate of drug-likeness (QED) is 0.772. The zero-order valence-electron chi connectivity index (χ0n) is 8.93. The molecule has 0 radical (unpaired) electrons. The van der Waals surface area contributed by atoms with Crippen LogP contribution < -0.4 is 11.1 Å². The Kier molecular flexibility index (Phi) is 4.48. The second-order valence-electron chi connectivity index (χ2n) is 3.37. The van der Waals surface area contributed by atoms with Gasteiger partial charge in [-0.3, -0.25) is 4.21 Å². The summed E-state index contributed by atoms with van der Waals surface area (Å²) in [6.45, 7) is 2.70. The van der Waals surface area contributed by atoms with E-state index in [4.69, 9.17) is 5.73 Å². The molecule has 0 saturated heterocycles. The lowest BCUT2D eigenvalue weighted by Gasteiger charge is -2.09. The molecule has 1 aromatic heterocycles. The fourth-order valence-electron chi connectivity index (χ4n) is 1.01. The van der Waals surface area contributed by atoms with E-state index in [0.29, 0.717) is 11.6 Å². The number of nitrogens with one attached hydrogen (secondary N) is 1. The van der Waals surface area contributed by atoms with E-state index in [0.717, 1.165) is 13.0 Å². The van der Waals surface area contributed by atoms with Crippen molar-refractivity contribution in [3.05, 3.63) is 12.1 Å². The van der Waals surface area contributed by atoms with Crippen LogP contribution in [0.2, 0.25) is 0 Å². The topological polar surface area (TPSA) is 80.9 Å². The Balaban J connectivity index is 2.32. The van der Waals surface area contributed by atoms with Crippen LogP contribution in [0.5, 0.6) is 0 Å². The van der Waals surface area contributed by atoms with Crippen LogP contribution in [0.25, 0.3) is 0 Å². The fourth-order valence-corrected chi connectivity index (χ4v) is 1.46. The van der Waals surface area contributed by atoms with Gasteiger partial charge in [0.1, 0.15) is 11.6 Å². The zero-order valence-corrected chi connectivity index (χ0v) is 9.75. The van der Waals surface area contributed by atoms with E-state index < -0.39 is 10.8 Å². The molecule has 0 aliphatic rings. The van der Waals surface area contributed by atoms with Crippen LogP contribution in [0.4, 0.5) is 11.6 Å². The van der Waals surface area contributed by atoms with E-state index >= 15 is 0 Å². The highest BCUT2D eigenvalue weighted by Crippen LogP contribution is 2.04. The fraction of sp³-hybridized carbons (Fsp3) is 0.556. The van der Waals surface area contributed by atoms with Crippen molar-refractivity contribution < 1.29 is 4.21 Å². The van der Waals surface area contributed by atoms with E-state index in [1.54, 1.807) is 18.4 Å². The molecule has 0 bridgehead atoms. The number of nitrogens with zero attached hydrogens (tertiary/aromatic N) is 2. The molecule has 5 nitrogen and oxygen atoms in total. The van der Waals surface area contributed by atoms with Crippen LogP contribution in [0, 0.1) is 0 Å². The highest BCUT2D eigenvalue weighted by molar-refractivity contribution is 7.84. The molecule has 1 heterocycles. The maximum absolute atomic E-state index is 11.1. The molecule has 0 aliphatic heterocycles. The van der Waals surface area contributed by atoms with Gasteiger partial charge in [0.05, 0.1) is 0 Å². The molecule has 0 fully saturated rings. The summed E-state index contributed by atoms with van der Waals surface area (Å²) in [5, 5.41) is 10.9. The predicted molar refractivity (Wildman–Crippen MR) is 63.1 cm³/mol. The molecule has 6 heteroatoms. The third-order valence-corrected chi connectivity index (χ3v) is 3.48. The molecular weight excluding hydrogens is 212 g/mol. The minimum Gasteiger partial charge on any atom is -0.382 e. The second-order valence-corrected chi connectivity index (χ2v) is 5.17. The zero-order chi connectivity index (χ0) is 11.3. The van der Waals surface area contributed by atoms with Crippen LogP contribution in [-0.4, -0.2) is 32.5 Å². The standard InChI is InChI=1S/C9H16N4OS/c1-7(15(2)14)5-6-11-9-4-3-8(10)12-13-9/h3-4,7H,5-6H2,1-2H3,(H2,10,12)(H,11,13). The Morgan fingerprint density at radius 1 is 1.53 bits per heavy atom. The van der Waals surface area contributed by atoms with Gasteiger partial charge in [0.15, 0.2) is 0 Å². The van der Waals surface area contributed by atoms with Crippen molar-refractivity contribution >= 4 is 22.4 Å². The summed E-state index contributed by atoms with van der Waals surface area (Å²) in [6.07, 6.45) is 2.56. The first kappa shape index (κ1) is 11.9. The highest BCUT2D eigenvalue weighted by Gasteiger charge is 2.05. The highest BCUT2D eigenvalue weighted by atomic mass is 32.2. The molecule has 0 aliphatic carbocycles. The minimum atomic E-state index is -0.768. The molecule has 3 N–H and O–H groups in total. The molecule has 1 aromatic rings. The SMILES string of the molecule is CC(CCNc1ccc(N)nn1)S(C)=O. The number of hydrogen-bond donors (Lipinski definition) is 2. The summed E-state index contributed by atoms with van der Waals surface area (Å²) in [5.41, 5.74) is 5.40. The van der Waals surface area contributed by atoms with Gasteiger partial charge in [0.25, 0.3) is 0 Å². The van der Waals surface area contributed by atoms with E-state index in [9.17, 15) is 4.21 Å². The van der Waals surface area contributed by atoms with Gasteiger partial charge in [-0.2, -0.15) is 0 Å². The van der Waals surface area contributed by atoms with Crippen LogP contribution in [0.3, 0.4) is 0 Å². The summed E-state index contributed by atoms with van der Waals surface area (Å²) in [6, 6.07) is 3.46. The minimum absolute atomic E-state index is 0.194. The molecular formula is C9H16N4OS. The summed E-state index contributed by atoms with van der Waals surface area (Å²) in [7, 11) is -0.768. The molecule has 2 atom stereocenters. The van der Waals surface area contributed by atoms with Crippen LogP contribution in [-0.2, 0) is 10.8 Å². The Morgan fingerprint density at radius 3 is 2.80 bits per heavy atom. The van der Waals surface area contributed by atoms with Gasteiger partial charge >= 0.3 is 0 Å². The number of rotatable bonds is 5. The molecule has 2 unspecified atom stereocenters. The van der Waals surface area contributed by atoms with Crippen molar-refractivity contribution in [3.8, 4) is 0 Å². The monoisotopic (exact) mass is 228 g/mol. The molecule has 1 rings (SSSR count). The molecule has 84 valence electrons. The van der Waals surface area contributed by atoms with Gasteiger partial charge in [-0.15, -0.1) is 10.2 Å². The number of hydrogen-bond acceptors (Lipinski definition) is 5. The Hall–Kier alpha value is -1.17. The molecule has 0 aromatic carbocycles. The van der Waals surface area contributed by atoms with Gasteiger partial charge in [0, 0.05) is 28.9 Å². The average molecular weight is 228 g/mol. The Bertz CT molecular complexity index is 327. The molecule has 0 spiro atoms. The van der Waals surface area contributed by atoms with Gasteiger partial charge in [-0.25, -0.2) is 0 Å². The summed E-state index contributed by atoms with van der Waals surface area (Å²) >= 11 is 0. The van der Waals surface area contributed by atoms with E-state index in [-0.39, 0.29) is 5.25 Å². The lowest BCUT2D eigenvalue weighted by Crippen LogP contribution is -2.15. The Morgan fingerprint density at radius 2 is 2.27 bits per heavy atom. The molecule has 15 heavy (non-hydrogen) atoms. The second kappa shape index (κ2) is 5.65. The third-order valence-electron chi connectivity index (χ3n) is 2.11. The van der Waals surface area contributed by atoms with Gasteiger partial charge in [-0.1, -0.05) is 6.92 Å². The van der Waals surface area contributed by atoms with Gasteiger partial charge in [0.2, 0.25) is 0 Å². The van der Waals surface area contributed by atoms with Crippen LogP contribution >= 0.6 is 0 Å². The lowest BCUT2D eigenvalue weighted by molar-refractivity contribution is 0.672. The number of anilines is 2. The first-order valence-electron chi connectivity index (χ1n) is 4.75. The van der Waals surface area contributed by atoms with E-state index in [1.165, 1.54) is 0 Å². The summed E-state index contributed by atoms with van der Waals surface area (Å²) in [5.74, 6) is 1.10. The van der Waals surface area contributed by atoms with Crippen LogP contribution in [0.1, 0.15) is 13.3 Å². The van der Waals surface area contributed by atoms with Crippen molar-refractivity contribution in [3.63, 3.8) is 0 Å². The first-order valence-corrected chi connectivity index (χ1v) is 6.37. The van der Waals surface area contributed by atoms with Crippen molar-refractivity contribution in [2.75, 3.05) is 23.9 Å². The van der Waals surface area contributed by atoms with Crippen molar-refractivity contribution in [2.45, 2.75) is 18.6 Å². The Labute approximate surface area is 91.9 Å². The number of nitrogens with two attached hydrogens (primary N) is 1. The predicted octanol–water partition coefficient (Wildman–Crippen LogP) is 0.628. The number of nitrogen functional groups attached to an aromatic ring is 1. The van der Waals surface area contributed by atoms with Gasteiger partial charge in [-0.05, 0) is 18.6 Å². The maximum atomic E-state index is 11.1. The normalized spacial score (nSPS) is 14.5. The molecule has 0 saturated carbocycles. The summed E-state index contributed by atoms with van der Waals surface area (Å²) in [4.78, 5) is 0. The van der Waals surface area contributed by atoms with Crippen LogP contribution in [0.15, 0.2) is 12.1 Å². The third kappa shape index (κ3) is 4.24. The molecule has 0 amide bonds. The largest absolute Gasteiger partial charge is 0.382 e. The smallest absolute Gasteiger partial charge is 0.148 e. The number of aromatic nitrogens is 2. The van der Waals surface area contributed by atoms with Crippen molar-refractivity contribution in [1.29, 1.82) is 0 Å². The summed E-state index contributed by atoms with van der Waals surface area (Å²) < 4.78 is 11.1. The van der Waals surface area contributed by atoms with E-state index in [1.807, 2.05) is 6.92 Å².